The molecule has 0 radical (unpaired) electrons. The number of aryl methyl sites for hydroxylation is 1. The molecule has 0 aliphatic carbocycles. The number of hydrogen-bond acceptors (Lipinski definition) is 3. The Morgan fingerprint density at radius 3 is 3.00 bits per heavy atom. The molecule has 0 saturated heterocycles. The lowest BCUT2D eigenvalue weighted by Crippen LogP contribution is -2.17. The van der Waals surface area contributed by atoms with Crippen LogP contribution in [0, 0.1) is 0 Å². The molecule has 0 saturated carbocycles. The molecule has 0 fully saturated rings. The van der Waals surface area contributed by atoms with Gasteiger partial charge in [0.2, 0.25) is 0 Å². The lowest BCUT2D eigenvalue weighted by Gasteiger charge is -2.01. The summed E-state index contributed by atoms with van der Waals surface area (Å²) in [6, 6.07) is 1.78. The number of halogens is 1. The van der Waals surface area contributed by atoms with E-state index in [4.69, 9.17) is 5.73 Å². The van der Waals surface area contributed by atoms with Crippen LogP contribution in [-0.4, -0.2) is 20.9 Å². The maximum Gasteiger partial charge on any atom is 0.261 e. The third-order valence-corrected chi connectivity index (χ3v) is 2.82. The Morgan fingerprint density at radius 2 is 2.39 bits per heavy atom. The average Bonchev–Trinajstić information content (AvgIpc) is 2.80. The molecule has 0 aliphatic rings. The van der Waals surface area contributed by atoms with E-state index in [0.717, 1.165) is 0 Å². The van der Waals surface area contributed by atoms with Crippen molar-refractivity contribution in [2.75, 3.05) is 6.54 Å². The molecule has 0 atom stereocenters. The summed E-state index contributed by atoms with van der Waals surface area (Å²) in [5.41, 5.74) is 6.34. The molecule has 0 aromatic carbocycles. The van der Waals surface area contributed by atoms with Gasteiger partial charge in [-0.05, 0) is 18.6 Å². The summed E-state index contributed by atoms with van der Waals surface area (Å²) in [5.74, 6) is 0. The molecule has 2 heterocycles. The quantitative estimate of drug-likeness (QED) is 0.881. The second-order valence-corrected chi connectivity index (χ2v) is 4.00. The monoisotopic (exact) mass is 250 g/mol. The van der Waals surface area contributed by atoms with Crippen LogP contribution >= 0.6 is 0 Å². The third-order valence-electron chi connectivity index (χ3n) is 2.82. The molecule has 2 aromatic rings. The zero-order valence-electron chi connectivity index (χ0n) is 10.1. The van der Waals surface area contributed by atoms with Crippen LogP contribution in [0.2, 0.25) is 0 Å². The number of rotatable bonds is 4. The van der Waals surface area contributed by atoms with Crippen molar-refractivity contribution in [2.45, 2.75) is 20.0 Å². The Balaban J connectivity index is 2.45. The Kier molecular flexibility index (Phi) is 3.57. The number of hydrogen-bond donors (Lipinski definition) is 1. The fourth-order valence-corrected chi connectivity index (χ4v) is 1.79. The van der Waals surface area contributed by atoms with Crippen molar-refractivity contribution in [2.24, 2.45) is 5.73 Å². The first-order valence-corrected chi connectivity index (χ1v) is 5.74. The molecular weight excluding hydrogens is 235 g/mol. The first kappa shape index (κ1) is 12.5. The van der Waals surface area contributed by atoms with Crippen molar-refractivity contribution in [1.29, 1.82) is 0 Å². The standard InChI is InChI=1S/C12H15FN4O/c1-2-16-4-3-11-10(12(16)18)8-17(15-11)7-9(5-13)6-14/h3-5,8H,2,6-7,14H2,1H3/b9-5+. The van der Waals surface area contributed by atoms with Crippen LogP contribution in [0.4, 0.5) is 4.39 Å². The van der Waals surface area contributed by atoms with Gasteiger partial charge in [-0.2, -0.15) is 5.10 Å². The zero-order chi connectivity index (χ0) is 13.1. The van der Waals surface area contributed by atoms with Crippen molar-refractivity contribution in [3.05, 3.63) is 40.7 Å². The van der Waals surface area contributed by atoms with Crippen LogP contribution in [-0.2, 0) is 13.1 Å². The molecule has 96 valence electrons. The predicted octanol–water partition coefficient (Wildman–Crippen LogP) is 1.03. The topological polar surface area (TPSA) is 65.8 Å². The van der Waals surface area contributed by atoms with E-state index in [0.29, 0.717) is 29.4 Å². The maximum absolute atomic E-state index is 12.4. The van der Waals surface area contributed by atoms with Crippen molar-refractivity contribution >= 4 is 10.9 Å². The van der Waals surface area contributed by atoms with E-state index < -0.39 is 0 Å². The molecule has 0 amide bonds. The van der Waals surface area contributed by atoms with E-state index in [1.165, 1.54) is 4.68 Å². The van der Waals surface area contributed by atoms with Crippen molar-refractivity contribution in [1.82, 2.24) is 14.3 Å². The van der Waals surface area contributed by atoms with Crippen molar-refractivity contribution in [3.8, 4) is 0 Å². The minimum absolute atomic E-state index is 0.0835. The van der Waals surface area contributed by atoms with Crippen LogP contribution < -0.4 is 11.3 Å². The highest BCUT2D eigenvalue weighted by molar-refractivity contribution is 5.76. The minimum Gasteiger partial charge on any atom is -0.327 e. The van der Waals surface area contributed by atoms with Crippen LogP contribution in [0.25, 0.3) is 10.9 Å². The van der Waals surface area contributed by atoms with E-state index in [1.807, 2.05) is 6.92 Å². The summed E-state index contributed by atoms with van der Waals surface area (Å²) in [6.07, 6.45) is 3.82. The number of nitrogens with two attached hydrogens (primary N) is 1. The molecule has 5 nitrogen and oxygen atoms in total. The second kappa shape index (κ2) is 5.14. The van der Waals surface area contributed by atoms with Crippen LogP contribution in [0.5, 0.6) is 0 Å². The molecule has 6 heteroatoms. The summed E-state index contributed by atoms with van der Waals surface area (Å²) in [5, 5.41) is 4.76. The Bertz CT molecular complexity index is 641. The van der Waals surface area contributed by atoms with Gasteiger partial charge in [0.05, 0.1) is 23.8 Å². The Labute approximate surface area is 103 Å². The van der Waals surface area contributed by atoms with E-state index in [1.54, 1.807) is 23.0 Å². The van der Waals surface area contributed by atoms with E-state index in [-0.39, 0.29) is 18.6 Å². The molecule has 0 bridgehead atoms. The minimum atomic E-state index is -0.0835. The highest BCUT2D eigenvalue weighted by atomic mass is 19.1. The summed E-state index contributed by atoms with van der Waals surface area (Å²) in [7, 11) is 0. The molecule has 18 heavy (non-hydrogen) atoms. The largest absolute Gasteiger partial charge is 0.327 e. The Hall–Kier alpha value is -1.95. The zero-order valence-corrected chi connectivity index (χ0v) is 10.1. The SMILES string of the molecule is CCn1ccc2nn(C/C(=C/F)CN)cc2c1=O. The predicted molar refractivity (Wildman–Crippen MR) is 67.9 cm³/mol. The maximum atomic E-state index is 12.4. The Morgan fingerprint density at radius 1 is 1.61 bits per heavy atom. The summed E-state index contributed by atoms with van der Waals surface area (Å²) in [6.45, 7) is 2.90. The van der Waals surface area contributed by atoms with Crippen molar-refractivity contribution < 1.29 is 4.39 Å². The van der Waals surface area contributed by atoms with Gasteiger partial charge in [-0.1, -0.05) is 0 Å². The number of fused-ring (bicyclic) bond motifs is 1. The van der Waals surface area contributed by atoms with Gasteiger partial charge < -0.3 is 10.3 Å². The summed E-state index contributed by atoms with van der Waals surface area (Å²) < 4.78 is 15.6. The molecule has 2 aromatic heterocycles. The smallest absolute Gasteiger partial charge is 0.261 e. The normalized spacial score (nSPS) is 12.3. The lowest BCUT2D eigenvalue weighted by atomic mass is 10.3. The molecule has 2 rings (SSSR count). The molecule has 2 N–H and O–H groups in total. The van der Waals surface area contributed by atoms with Gasteiger partial charge in [0.1, 0.15) is 0 Å². The van der Waals surface area contributed by atoms with Gasteiger partial charge >= 0.3 is 0 Å². The molecule has 0 spiro atoms. The molecular formula is C12H15FN4O. The summed E-state index contributed by atoms with van der Waals surface area (Å²) >= 11 is 0. The highest BCUT2D eigenvalue weighted by Crippen LogP contribution is 2.08. The first-order valence-electron chi connectivity index (χ1n) is 5.74. The number of aromatic nitrogens is 3. The molecule has 0 unspecified atom stereocenters. The van der Waals surface area contributed by atoms with Gasteiger partial charge in [0, 0.05) is 25.5 Å². The lowest BCUT2D eigenvalue weighted by molar-refractivity contribution is 0.637. The first-order chi connectivity index (χ1) is 8.69. The van der Waals surface area contributed by atoms with Crippen LogP contribution in [0.3, 0.4) is 0 Å². The van der Waals surface area contributed by atoms with Crippen LogP contribution in [0.15, 0.2) is 35.2 Å². The van der Waals surface area contributed by atoms with Crippen molar-refractivity contribution in [3.63, 3.8) is 0 Å². The fourth-order valence-electron chi connectivity index (χ4n) is 1.79. The van der Waals surface area contributed by atoms with E-state index >= 15 is 0 Å². The van der Waals surface area contributed by atoms with Gasteiger partial charge in [0.15, 0.2) is 0 Å². The number of nitrogens with zero attached hydrogens (tertiary/aromatic N) is 3. The average molecular weight is 250 g/mol. The van der Waals surface area contributed by atoms with E-state index in [2.05, 4.69) is 5.10 Å². The van der Waals surface area contributed by atoms with Gasteiger partial charge in [-0.3, -0.25) is 9.48 Å². The highest BCUT2D eigenvalue weighted by Gasteiger charge is 2.07. The van der Waals surface area contributed by atoms with Gasteiger partial charge in [0.25, 0.3) is 5.56 Å². The van der Waals surface area contributed by atoms with Crippen LogP contribution in [0.1, 0.15) is 6.92 Å². The third kappa shape index (κ3) is 2.19. The number of pyridine rings is 1. The van der Waals surface area contributed by atoms with Gasteiger partial charge in [-0.15, -0.1) is 0 Å². The molecule has 0 aliphatic heterocycles. The second-order valence-electron chi connectivity index (χ2n) is 4.00. The fraction of sp³-hybridized carbons (Fsp3) is 0.333. The van der Waals surface area contributed by atoms with E-state index in [9.17, 15) is 9.18 Å². The summed E-state index contributed by atoms with van der Waals surface area (Å²) in [4.78, 5) is 12.0. The van der Waals surface area contributed by atoms with Gasteiger partial charge in [-0.25, -0.2) is 4.39 Å².